The van der Waals surface area contributed by atoms with Crippen molar-refractivity contribution in [3.63, 3.8) is 0 Å². The summed E-state index contributed by atoms with van der Waals surface area (Å²) >= 11 is 0. The number of hydrogen-bond donors (Lipinski definition) is 1. The SMILES string of the molecule is COc1cccc(C(C=O)C2CCCNC2)c1. The minimum atomic E-state index is -0.0158. The smallest absolute Gasteiger partial charge is 0.127 e. The standard InChI is InChI=1S/C14H19NO2/c1-17-13-6-2-4-11(8-13)14(10-16)12-5-3-7-15-9-12/h2,4,6,8,10,12,14-15H,3,5,7,9H2,1H3. The Morgan fingerprint density at radius 1 is 1.53 bits per heavy atom. The van der Waals surface area contributed by atoms with Gasteiger partial charge >= 0.3 is 0 Å². The first-order valence-corrected chi connectivity index (χ1v) is 6.15. The molecule has 1 aliphatic rings. The summed E-state index contributed by atoms with van der Waals surface area (Å²) in [6.07, 6.45) is 3.35. The van der Waals surface area contributed by atoms with Gasteiger partial charge in [0.1, 0.15) is 12.0 Å². The Labute approximate surface area is 102 Å². The molecule has 0 amide bonds. The highest BCUT2D eigenvalue weighted by Gasteiger charge is 2.24. The number of methoxy groups -OCH3 is 1. The van der Waals surface area contributed by atoms with Crippen LogP contribution in [-0.4, -0.2) is 26.5 Å². The number of piperidine rings is 1. The summed E-state index contributed by atoms with van der Waals surface area (Å²) in [6, 6.07) is 7.83. The molecule has 2 atom stereocenters. The number of benzene rings is 1. The van der Waals surface area contributed by atoms with Crippen LogP contribution in [0.5, 0.6) is 5.75 Å². The average molecular weight is 233 g/mol. The fraction of sp³-hybridized carbons (Fsp3) is 0.500. The minimum Gasteiger partial charge on any atom is -0.497 e. The maximum Gasteiger partial charge on any atom is 0.127 e. The van der Waals surface area contributed by atoms with Crippen molar-refractivity contribution in [2.75, 3.05) is 20.2 Å². The van der Waals surface area contributed by atoms with Crippen LogP contribution in [0.2, 0.25) is 0 Å². The van der Waals surface area contributed by atoms with Crippen molar-refractivity contribution in [3.05, 3.63) is 29.8 Å². The highest BCUT2D eigenvalue weighted by atomic mass is 16.5. The molecule has 0 bridgehead atoms. The third-order valence-electron chi connectivity index (χ3n) is 3.47. The monoisotopic (exact) mass is 233 g/mol. The Morgan fingerprint density at radius 3 is 3.06 bits per heavy atom. The first kappa shape index (κ1) is 12.1. The molecule has 3 heteroatoms. The predicted octanol–water partition coefficient (Wildman–Crippen LogP) is 1.98. The van der Waals surface area contributed by atoms with Gasteiger partial charge in [0.25, 0.3) is 0 Å². The Balaban J connectivity index is 2.18. The molecule has 1 saturated heterocycles. The zero-order valence-corrected chi connectivity index (χ0v) is 10.2. The summed E-state index contributed by atoms with van der Waals surface area (Å²) in [5, 5.41) is 3.36. The second-order valence-electron chi connectivity index (χ2n) is 4.54. The fourth-order valence-corrected chi connectivity index (χ4v) is 2.50. The van der Waals surface area contributed by atoms with E-state index in [2.05, 4.69) is 5.32 Å². The zero-order chi connectivity index (χ0) is 12.1. The van der Waals surface area contributed by atoms with Crippen molar-refractivity contribution in [2.45, 2.75) is 18.8 Å². The lowest BCUT2D eigenvalue weighted by atomic mass is 9.82. The van der Waals surface area contributed by atoms with Crippen LogP contribution in [0, 0.1) is 5.92 Å². The highest BCUT2D eigenvalue weighted by Crippen LogP contribution is 2.29. The molecule has 1 N–H and O–H groups in total. The summed E-state index contributed by atoms with van der Waals surface area (Å²) in [5.74, 6) is 1.21. The molecule has 0 saturated carbocycles. The van der Waals surface area contributed by atoms with E-state index < -0.39 is 0 Å². The molecule has 0 aliphatic carbocycles. The van der Waals surface area contributed by atoms with Gasteiger partial charge in [-0.2, -0.15) is 0 Å². The van der Waals surface area contributed by atoms with Crippen LogP contribution in [0.1, 0.15) is 24.3 Å². The number of nitrogens with one attached hydrogen (secondary N) is 1. The summed E-state index contributed by atoms with van der Waals surface area (Å²) in [5.41, 5.74) is 1.06. The Kier molecular flexibility index (Phi) is 4.15. The van der Waals surface area contributed by atoms with E-state index >= 15 is 0 Å². The number of hydrogen-bond acceptors (Lipinski definition) is 3. The lowest BCUT2D eigenvalue weighted by Crippen LogP contribution is -2.33. The molecule has 17 heavy (non-hydrogen) atoms. The van der Waals surface area contributed by atoms with Crippen LogP contribution in [0.3, 0.4) is 0 Å². The molecule has 0 radical (unpaired) electrons. The fourth-order valence-electron chi connectivity index (χ4n) is 2.50. The number of carbonyl (C=O) groups excluding carboxylic acids is 1. The Morgan fingerprint density at radius 2 is 2.41 bits per heavy atom. The molecule has 0 aromatic heterocycles. The molecule has 1 heterocycles. The normalized spacial score (nSPS) is 21.8. The molecular weight excluding hydrogens is 214 g/mol. The molecule has 3 nitrogen and oxygen atoms in total. The van der Waals surface area contributed by atoms with E-state index in [0.717, 1.165) is 43.5 Å². The summed E-state index contributed by atoms with van der Waals surface area (Å²) in [6.45, 7) is 2.00. The van der Waals surface area contributed by atoms with Crippen molar-refractivity contribution in [2.24, 2.45) is 5.92 Å². The molecule has 2 rings (SSSR count). The van der Waals surface area contributed by atoms with Gasteiger partial charge in [0, 0.05) is 5.92 Å². The quantitative estimate of drug-likeness (QED) is 0.808. The van der Waals surface area contributed by atoms with Gasteiger partial charge < -0.3 is 14.8 Å². The number of aldehydes is 1. The molecule has 2 unspecified atom stereocenters. The van der Waals surface area contributed by atoms with Gasteiger partial charge in [-0.1, -0.05) is 12.1 Å². The first-order valence-electron chi connectivity index (χ1n) is 6.15. The van der Waals surface area contributed by atoms with E-state index in [1.807, 2.05) is 24.3 Å². The van der Waals surface area contributed by atoms with Crippen LogP contribution in [0.4, 0.5) is 0 Å². The predicted molar refractivity (Wildman–Crippen MR) is 67.4 cm³/mol. The van der Waals surface area contributed by atoms with Gasteiger partial charge in [0.15, 0.2) is 0 Å². The molecule has 92 valence electrons. The largest absolute Gasteiger partial charge is 0.497 e. The van der Waals surface area contributed by atoms with Crippen molar-refractivity contribution >= 4 is 6.29 Å². The first-order chi connectivity index (χ1) is 8.35. The summed E-state index contributed by atoms with van der Waals surface area (Å²) in [7, 11) is 1.65. The van der Waals surface area contributed by atoms with E-state index in [9.17, 15) is 4.79 Å². The highest BCUT2D eigenvalue weighted by molar-refractivity contribution is 5.63. The zero-order valence-electron chi connectivity index (χ0n) is 10.2. The van der Waals surface area contributed by atoms with Gasteiger partial charge in [0.2, 0.25) is 0 Å². The molecular formula is C14H19NO2. The van der Waals surface area contributed by atoms with Crippen molar-refractivity contribution < 1.29 is 9.53 Å². The van der Waals surface area contributed by atoms with Crippen molar-refractivity contribution in [3.8, 4) is 5.75 Å². The maximum absolute atomic E-state index is 11.3. The topological polar surface area (TPSA) is 38.3 Å². The number of carbonyl (C=O) groups is 1. The molecule has 0 spiro atoms. The van der Waals surface area contributed by atoms with Gasteiger partial charge in [0.05, 0.1) is 7.11 Å². The van der Waals surface area contributed by atoms with E-state index in [1.165, 1.54) is 0 Å². The number of rotatable bonds is 4. The van der Waals surface area contributed by atoms with Crippen LogP contribution in [0.25, 0.3) is 0 Å². The molecule has 1 aromatic carbocycles. The summed E-state index contributed by atoms with van der Waals surface area (Å²) < 4.78 is 5.21. The Bertz CT molecular complexity index is 372. The molecule has 1 fully saturated rings. The van der Waals surface area contributed by atoms with Crippen molar-refractivity contribution in [1.82, 2.24) is 5.32 Å². The lowest BCUT2D eigenvalue weighted by molar-refractivity contribution is -0.110. The van der Waals surface area contributed by atoms with E-state index in [-0.39, 0.29) is 5.92 Å². The maximum atomic E-state index is 11.3. The van der Waals surface area contributed by atoms with E-state index in [4.69, 9.17) is 4.74 Å². The van der Waals surface area contributed by atoms with Crippen LogP contribution in [0.15, 0.2) is 24.3 Å². The third kappa shape index (κ3) is 2.86. The van der Waals surface area contributed by atoms with E-state index in [1.54, 1.807) is 7.11 Å². The van der Waals surface area contributed by atoms with Gasteiger partial charge in [-0.15, -0.1) is 0 Å². The Hall–Kier alpha value is -1.35. The average Bonchev–Trinajstić information content (AvgIpc) is 2.41. The second kappa shape index (κ2) is 5.82. The summed E-state index contributed by atoms with van der Waals surface area (Å²) in [4.78, 5) is 11.3. The van der Waals surface area contributed by atoms with Gasteiger partial charge in [-0.05, 0) is 49.5 Å². The van der Waals surface area contributed by atoms with E-state index in [0.29, 0.717) is 5.92 Å². The van der Waals surface area contributed by atoms with Crippen molar-refractivity contribution in [1.29, 1.82) is 0 Å². The van der Waals surface area contributed by atoms with Crippen LogP contribution < -0.4 is 10.1 Å². The van der Waals surface area contributed by atoms with Gasteiger partial charge in [-0.3, -0.25) is 0 Å². The van der Waals surface area contributed by atoms with Gasteiger partial charge in [-0.25, -0.2) is 0 Å². The van der Waals surface area contributed by atoms with Crippen LogP contribution >= 0.6 is 0 Å². The lowest BCUT2D eigenvalue weighted by Gasteiger charge is -2.27. The second-order valence-corrected chi connectivity index (χ2v) is 4.54. The molecule has 1 aliphatic heterocycles. The molecule has 1 aromatic rings. The number of ether oxygens (including phenoxy) is 1. The minimum absolute atomic E-state index is 0.0158. The third-order valence-corrected chi connectivity index (χ3v) is 3.47. The van der Waals surface area contributed by atoms with Crippen LogP contribution in [-0.2, 0) is 4.79 Å².